The molecule has 0 rings (SSSR count). The lowest BCUT2D eigenvalue weighted by atomic mass is 9.99. The molecule has 0 radical (unpaired) electrons. The SMILES string of the molecule is CC#CC(=O)N[C@H](C(=O)O)C(C)CC. The molecule has 0 aromatic rings. The standard InChI is InChI=1S/C10H15NO3/c1-4-6-8(12)11-9(10(13)14)7(3)5-2/h7,9H,5H2,1-3H3,(H,11,12)(H,13,14)/t7?,9-/m0/s1. The Labute approximate surface area is 83.7 Å². The third kappa shape index (κ3) is 3.94. The molecular formula is C10H15NO3. The van der Waals surface area contributed by atoms with Crippen molar-refractivity contribution in [2.45, 2.75) is 33.2 Å². The van der Waals surface area contributed by atoms with Crippen molar-refractivity contribution in [3.05, 3.63) is 0 Å². The smallest absolute Gasteiger partial charge is 0.326 e. The van der Waals surface area contributed by atoms with Gasteiger partial charge in [0.25, 0.3) is 5.91 Å². The minimum Gasteiger partial charge on any atom is -0.480 e. The van der Waals surface area contributed by atoms with E-state index >= 15 is 0 Å². The van der Waals surface area contributed by atoms with Crippen molar-refractivity contribution in [3.63, 3.8) is 0 Å². The molecule has 0 bridgehead atoms. The number of carboxylic acids is 1. The van der Waals surface area contributed by atoms with E-state index in [1.54, 1.807) is 6.92 Å². The first-order valence-electron chi connectivity index (χ1n) is 4.49. The van der Waals surface area contributed by atoms with Crippen molar-refractivity contribution < 1.29 is 14.7 Å². The molecule has 14 heavy (non-hydrogen) atoms. The molecule has 1 amide bonds. The maximum Gasteiger partial charge on any atom is 0.326 e. The molecule has 0 aliphatic heterocycles. The number of hydrogen-bond acceptors (Lipinski definition) is 2. The summed E-state index contributed by atoms with van der Waals surface area (Å²) in [5.41, 5.74) is 0. The summed E-state index contributed by atoms with van der Waals surface area (Å²) >= 11 is 0. The van der Waals surface area contributed by atoms with Gasteiger partial charge in [0, 0.05) is 0 Å². The molecule has 0 aliphatic carbocycles. The predicted octanol–water partition coefficient (Wildman–Crippen LogP) is 0.625. The van der Waals surface area contributed by atoms with Gasteiger partial charge >= 0.3 is 5.97 Å². The van der Waals surface area contributed by atoms with Crippen LogP contribution in [0.1, 0.15) is 27.2 Å². The third-order valence-corrected chi connectivity index (χ3v) is 2.00. The summed E-state index contributed by atoms with van der Waals surface area (Å²) in [6, 6.07) is -0.853. The van der Waals surface area contributed by atoms with E-state index in [1.165, 1.54) is 6.92 Å². The molecule has 0 spiro atoms. The number of carboxylic acid groups (broad SMARTS) is 1. The van der Waals surface area contributed by atoms with Crippen molar-refractivity contribution in [2.24, 2.45) is 5.92 Å². The molecule has 1 unspecified atom stereocenters. The van der Waals surface area contributed by atoms with Crippen LogP contribution in [0.25, 0.3) is 0 Å². The summed E-state index contributed by atoms with van der Waals surface area (Å²) < 4.78 is 0. The highest BCUT2D eigenvalue weighted by Gasteiger charge is 2.24. The minimum atomic E-state index is -1.02. The molecule has 0 saturated heterocycles. The molecule has 2 atom stereocenters. The van der Waals surface area contributed by atoms with Gasteiger partial charge in [0.15, 0.2) is 0 Å². The van der Waals surface area contributed by atoms with Gasteiger partial charge in [-0.05, 0) is 18.8 Å². The zero-order valence-electron chi connectivity index (χ0n) is 8.63. The lowest BCUT2D eigenvalue weighted by Crippen LogP contribution is -2.44. The van der Waals surface area contributed by atoms with Crippen molar-refractivity contribution in [2.75, 3.05) is 0 Å². The van der Waals surface area contributed by atoms with Crippen LogP contribution in [-0.4, -0.2) is 23.0 Å². The van der Waals surface area contributed by atoms with E-state index in [0.717, 1.165) is 0 Å². The molecule has 0 heterocycles. The highest BCUT2D eigenvalue weighted by molar-refractivity contribution is 5.95. The lowest BCUT2D eigenvalue weighted by Gasteiger charge is -2.18. The fraction of sp³-hybridized carbons (Fsp3) is 0.600. The van der Waals surface area contributed by atoms with Gasteiger partial charge in [-0.25, -0.2) is 4.79 Å². The zero-order chi connectivity index (χ0) is 11.1. The average Bonchev–Trinajstić information content (AvgIpc) is 2.13. The van der Waals surface area contributed by atoms with Crippen molar-refractivity contribution in [1.29, 1.82) is 0 Å². The van der Waals surface area contributed by atoms with Crippen LogP contribution in [0.3, 0.4) is 0 Å². The molecule has 0 aromatic heterocycles. The van der Waals surface area contributed by atoms with Crippen LogP contribution < -0.4 is 5.32 Å². The number of carbonyl (C=O) groups excluding carboxylic acids is 1. The molecule has 0 aliphatic rings. The molecule has 4 heteroatoms. The van der Waals surface area contributed by atoms with Gasteiger partial charge in [-0.15, -0.1) is 0 Å². The van der Waals surface area contributed by atoms with E-state index in [4.69, 9.17) is 5.11 Å². The predicted molar refractivity (Wildman–Crippen MR) is 52.5 cm³/mol. The number of aliphatic carboxylic acids is 1. The first-order chi connectivity index (χ1) is 6.52. The zero-order valence-corrected chi connectivity index (χ0v) is 8.63. The number of carbonyl (C=O) groups is 2. The maximum absolute atomic E-state index is 11.0. The number of amides is 1. The quantitative estimate of drug-likeness (QED) is 0.649. The van der Waals surface area contributed by atoms with Crippen molar-refractivity contribution in [3.8, 4) is 11.8 Å². The number of rotatable bonds is 4. The van der Waals surface area contributed by atoms with Crippen LogP contribution in [0.15, 0.2) is 0 Å². The first-order valence-corrected chi connectivity index (χ1v) is 4.49. The Balaban J connectivity index is 4.43. The van der Waals surface area contributed by atoms with Crippen LogP contribution >= 0.6 is 0 Å². The van der Waals surface area contributed by atoms with E-state index in [1.807, 2.05) is 6.92 Å². The summed E-state index contributed by atoms with van der Waals surface area (Å²) in [6.45, 7) is 5.18. The van der Waals surface area contributed by atoms with E-state index < -0.39 is 17.9 Å². The Morgan fingerprint density at radius 2 is 2.07 bits per heavy atom. The van der Waals surface area contributed by atoms with Gasteiger partial charge in [-0.2, -0.15) is 0 Å². The highest BCUT2D eigenvalue weighted by Crippen LogP contribution is 2.07. The highest BCUT2D eigenvalue weighted by atomic mass is 16.4. The fourth-order valence-corrected chi connectivity index (χ4v) is 0.974. The molecule has 0 saturated carbocycles. The molecule has 78 valence electrons. The summed E-state index contributed by atoms with van der Waals surface area (Å²) in [5, 5.41) is 11.2. The first kappa shape index (κ1) is 12.5. The average molecular weight is 197 g/mol. The summed E-state index contributed by atoms with van der Waals surface area (Å²) in [6.07, 6.45) is 0.691. The van der Waals surface area contributed by atoms with E-state index in [2.05, 4.69) is 17.2 Å². The number of nitrogens with one attached hydrogen (secondary N) is 1. The Morgan fingerprint density at radius 1 is 1.50 bits per heavy atom. The normalized spacial score (nSPS) is 13.4. The van der Waals surface area contributed by atoms with Crippen LogP contribution in [-0.2, 0) is 9.59 Å². The second-order valence-electron chi connectivity index (χ2n) is 3.05. The van der Waals surface area contributed by atoms with Gasteiger partial charge in [-0.3, -0.25) is 4.79 Å². The van der Waals surface area contributed by atoms with E-state index in [9.17, 15) is 9.59 Å². The van der Waals surface area contributed by atoms with Crippen molar-refractivity contribution >= 4 is 11.9 Å². The maximum atomic E-state index is 11.0. The number of hydrogen-bond donors (Lipinski definition) is 2. The Hall–Kier alpha value is -1.50. The summed E-state index contributed by atoms with van der Waals surface area (Å²) in [7, 11) is 0. The lowest BCUT2D eigenvalue weighted by molar-refractivity contribution is -0.142. The Bertz CT molecular complexity index is 275. The molecule has 4 nitrogen and oxygen atoms in total. The second-order valence-corrected chi connectivity index (χ2v) is 3.05. The summed E-state index contributed by atoms with van der Waals surface area (Å²) in [5.74, 6) is 2.99. The van der Waals surface area contributed by atoms with Gasteiger partial charge in [-0.1, -0.05) is 26.2 Å². The molecule has 2 N–H and O–H groups in total. The van der Waals surface area contributed by atoms with Gasteiger partial charge in [0.2, 0.25) is 0 Å². The topological polar surface area (TPSA) is 66.4 Å². The summed E-state index contributed by atoms with van der Waals surface area (Å²) in [4.78, 5) is 21.8. The van der Waals surface area contributed by atoms with Crippen LogP contribution in [0, 0.1) is 17.8 Å². The monoisotopic (exact) mass is 197 g/mol. The van der Waals surface area contributed by atoms with Gasteiger partial charge in [0.05, 0.1) is 0 Å². The van der Waals surface area contributed by atoms with Crippen LogP contribution in [0.5, 0.6) is 0 Å². The van der Waals surface area contributed by atoms with E-state index in [-0.39, 0.29) is 5.92 Å². The van der Waals surface area contributed by atoms with Gasteiger partial charge in [0.1, 0.15) is 6.04 Å². The molecule has 0 fully saturated rings. The molecule has 0 aromatic carbocycles. The Morgan fingerprint density at radius 3 is 2.43 bits per heavy atom. The minimum absolute atomic E-state index is 0.102. The van der Waals surface area contributed by atoms with Crippen LogP contribution in [0.2, 0.25) is 0 Å². The largest absolute Gasteiger partial charge is 0.480 e. The van der Waals surface area contributed by atoms with Crippen molar-refractivity contribution in [1.82, 2.24) is 5.32 Å². The second kappa shape index (κ2) is 6.03. The fourth-order valence-electron chi connectivity index (χ4n) is 0.974. The third-order valence-electron chi connectivity index (χ3n) is 2.00. The van der Waals surface area contributed by atoms with Gasteiger partial charge < -0.3 is 10.4 Å². The van der Waals surface area contributed by atoms with Crippen LogP contribution in [0.4, 0.5) is 0 Å². The molecular weight excluding hydrogens is 182 g/mol. The van der Waals surface area contributed by atoms with E-state index in [0.29, 0.717) is 6.42 Å². The Kier molecular flexibility index (Phi) is 5.38.